The molecule has 0 spiro atoms. The zero-order valence-corrected chi connectivity index (χ0v) is 13.5. The maximum absolute atomic E-state index is 5.82. The zero-order valence-electron chi connectivity index (χ0n) is 13.5. The first-order chi connectivity index (χ1) is 11.4. The molecule has 1 aliphatic heterocycles. The molecule has 0 unspecified atom stereocenters. The summed E-state index contributed by atoms with van der Waals surface area (Å²) in [6.07, 6.45) is 4.21. The number of benzene rings is 1. The molecular weight excluding hydrogens is 290 g/mol. The Balaban J connectivity index is 1.61. The summed E-state index contributed by atoms with van der Waals surface area (Å²) in [5, 5.41) is 0. The van der Waals surface area contributed by atoms with E-state index in [-0.39, 0.29) is 0 Å². The second-order valence-corrected chi connectivity index (χ2v) is 5.65. The molecule has 0 N–H and O–H groups in total. The Morgan fingerprint density at radius 2 is 1.87 bits per heavy atom. The lowest BCUT2D eigenvalue weighted by atomic mass is 10.1. The van der Waals surface area contributed by atoms with Crippen LogP contribution in [-0.2, 0) is 9.47 Å². The molecule has 2 heterocycles. The van der Waals surface area contributed by atoms with E-state index in [0.717, 1.165) is 43.1 Å². The topological polar surface area (TPSA) is 47.5 Å². The van der Waals surface area contributed by atoms with Gasteiger partial charge in [-0.05, 0) is 18.9 Å². The fourth-order valence-electron chi connectivity index (χ4n) is 2.80. The molecule has 2 aromatic rings. The highest BCUT2D eigenvalue weighted by Gasteiger charge is 2.20. The summed E-state index contributed by atoms with van der Waals surface area (Å²) in [5.41, 5.74) is 1.05. The van der Waals surface area contributed by atoms with Gasteiger partial charge in [0.05, 0.1) is 19.3 Å². The summed E-state index contributed by atoms with van der Waals surface area (Å²) in [6, 6.07) is 12.1. The molecule has 1 aromatic heterocycles. The fourth-order valence-corrected chi connectivity index (χ4v) is 2.80. The van der Waals surface area contributed by atoms with E-state index in [1.54, 1.807) is 7.11 Å². The lowest BCUT2D eigenvalue weighted by Crippen LogP contribution is -2.37. The minimum Gasteiger partial charge on any atom is -0.382 e. The van der Waals surface area contributed by atoms with Gasteiger partial charge in [0.1, 0.15) is 5.82 Å². The van der Waals surface area contributed by atoms with Gasteiger partial charge < -0.3 is 14.4 Å². The maximum atomic E-state index is 5.82. The molecule has 0 bridgehead atoms. The highest BCUT2D eigenvalue weighted by atomic mass is 16.5. The first kappa shape index (κ1) is 15.9. The normalized spacial score (nSPS) is 15.8. The van der Waals surface area contributed by atoms with Crippen molar-refractivity contribution in [1.29, 1.82) is 0 Å². The number of hydrogen-bond donors (Lipinski definition) is 0. The van der Waals surface area contributed by atoms with Gasteiger partial charge in [0.2, 0.25) is 0 Å². The van der Waals surface area contributed by atoms with E-state index in [1.165, 1.54) is 0 Å². The van der Waals surface area contributed by atoms with Crippen molar-refractivity contribution >= 4 is 5.82 Å². The quantitative estimate of drug-likeness (QED) is 0.768. The smallest absolute Gasteiger partial charge is 0.161 e. The molecule has 0 radical (unpaired) electrons. The van der Waals surface area contributed by atoms with Crippen molar-refractivity contribution in [1.82, 2.24) is 9.97 Å². The van der Waals surface area contributed by atoms with Crippen LogP contribution in [0.1, 0.15) is 12.8 Å². The Kier molecular flexibility index (Phi) is 5.56. The van der Waals surface area contributed by atoms with Crippen molar-refractivity contribution in [2.45, 2.75) is 18.9 Å². The van der Waals surface area contributed by atoms with E-state index >= 15 is 0 Å². The number of anilines is 1. The first-order valence-electron chi connectivity index (χ1n) is 8.11. The van der Waals surface area contributed by atoms with Crippen molar-refractivity contribution in [3.05, 3.63) is 42.6 Å². The van der Waals surface area contributed by atoms with Gasteiger partial charge in [-0.1, -0.05) is 30.3 Å². The molecule has 1 aromatic carbocycles. The van der Waals surface area contributed by atoms with Gasteiger partial charge in [-0.25, -0.2) is 9.97 Å². The van der Waals surface area contributed by atoms with Gasteiger partial charge in [-0.3, -0.25) is 0 Å². The highest BCUT2D eigenvalue weighted by Crippen LogP contribution is 2.22. The third-order valence-corrected chi connectivity index (χ3v) is 4.08. The molecule has 23 heavy (non-hydrogen) atoms. The average Bonchev–Trinajstić information content (AvgIpc) is 2.63. The minimum atomic E-state index is 0.330. The van der Waals surface area contributed by atoms with Crippen LogP contribution in [0.4, 0.5) is 5.82 Å². The van der Waals surface area contributed by atoms with Gasteiger partial charge in [0, 0.05) is 32.0 Å². The maximum Gasteiger partial charge on any atom is 0.161 e. The predicted molar refractivity (Wildman–Crippen MR) is 90.5 cm³/mol. The van der Waals surface area contributed by atoms with E-state index in [1.807, 2.05) is 42.6 Å². The van der Waals surface area contributed by atoms with Gasteiger partial charge >= 0.3 is 0 Å². The Hall–Kier alpha value is -1.98. The third kappa shape index (κ3) is 4.27. The molecule has 5 nitrogen and oxygen atoms in total. The van der Waals surface area contributed by atoms with Crippen LogP contribution >= 0.6 is 0 Å². The van der Waals surface area contributed by atoms with Crippen LogP contribution in [0.3, 0.4) is 0 Å². The summed E-state index contributed by atoms with van der Waals surface area (Å²) < 4.78 is 10.8. The summed E-state index contributed by atoms with van der Waals surface area (Å²) in [7, 11) is 1.70. The standard InChI is InChI=1S/C18H23N3O2/c1-22-13-14-23-16-8-11-21(12-9-16)17-7-10-19-18(20-17)15-5-3-2-4-6-15/h2-7,10,16H,8-9,11-14H2,1H3. The highest BCUT2D eigenvalue weighted by molar-refractivity contribution is 5.57. The average molecular weight is 313 g/mol. The van der Waals surface area contributed by atoms with Crippen LogP contribution in [0.25, 0.3) is 11.4 Å². The Labute approximate surface area is 137 Å². The van der Waals surface area contributed by atoms with Crippen LogP contribution in [-0.4, -0.2) is 49.5 Å². The Morgan fingerprint density at radius 3 is 2.61 bits per heavy atom. The zero-order chi connectivity index (χ0) is 15.9. The molecule has 5 heteroatoms. The summed E-state index contributed by atoms with van der Waals surface area (Å²) in [6.45, 7) is 3.26. The van der Waals surface area contributed by atoms with Gasteiger partial charge in [-0.2, -0.15) is 0 Å². The van der Waals surface area contributed by atoms with E-state index < -0.39 is 0 Å². The van der Waals surface area contributed by atoms with Gasteiger partial charge in [0.25, 0.3) is 0 Å². The van der Waals surface area contributed by atoms with E-state index in [4.69, 9.17) is 14.5 Å². The molecule has 1 fully saturated rings. The molecule has 1 saturated heterocycles. The number of hydrogen-bond acceptors (Lipinski definition) is 5. The van der Waals surface area contributed by atoms with Crippen molar-refractivity contribution in [3.8, 4) is 11.4 Å². The molecular formula is C18H23N3O2. The lowest BCUT2D eigenvalue weighted by Gasteiger charge is -2.32. The van der Waals surface area contributed by atoms with E-state index in [2.05, 4.69) is 9.88 Å². The van der Waals surface area contributed by atoms with Gasteiger partial charge in [-0.15, -0.1) is 0 Å². The fraction of sp³-hybridized carbons (Fsp3) is 0.444. The molecule has 0 aliphatic carbocycles. The minimum absolute atomic E-state index is 0.330. The summed E-state index contributed by atoms with van der Waals surface area (Å²) in [5.74, 6) is 1.77. The monoisotopic (exact) mass is 313 g/mol. The molecule has 1 aliphatic rings. The van der Waals surface area contributed by atoms with Crippen LogP contribution in [0, 0.1) is 0 Å². The predicted octanol–water partition coefficient (Wildman–Crippen LogP) is 2.78. The lowest BCUT2D eigenvalue weighted by molar-refractivity contribution is 0.00604. The molecule has 122 valence electrons. The number of aromatic nitrogens is 2. The van der Waals surface area contributed by atoms with Crippen LogP contribution in [0.15, 0.2) is 42.6 Å². The Morgan fingerprint density at radius 1 is 1.09 bits per heavy atom. The van der Waals surface area contributed by atoms with Crippen LogP contribution < -0.4 is 4.90 Å². The number of methoxy groups -OCH3 is 1. The second kappa shape index (κ2) is 8.04. The van der Waals surface area contributed by atoms with E-state index in [0.29, 0.717) is 19.3 Å². The second-order valence-electron chi connectivity index (χ2n) is 5.65. The Bertz CT molecular complexity index is 598. The van der Waals surface area contributed by atoms with Crippen LogP contribution in [0.5, 0.6) is 0 Å². The molecule has 0 saturated carbocycles. The van der Waals surface area contributed by atoms with Crippen molar-refractivity contribution in [3.63, 3.8) is 0 Å². The number of nitrogens with zero attached hydrogens (tertiary/aromatic N) is 3. The molecule has 3 rings (SSSR count). The van der Waals surface area contributed by atoms with Gasteiger partial charge in [0.15, 0.2) is 5.82 Å². The van der Waals surface area contributed by atoms with Crippen LogP contribution in [0.2, 0.25) is 0 Å². The summed E-state index contributed by atoms with van der Waals surface area (Å²) >= 11 is 0. The molecule has 0 amide bonds. The largest absolute Gasteiger partial charge is 0.382 e. The van der Waals surface area contributed by atoms with Crippen molar-refractivity contribution in [2.24, 2.45) is 0 Å². The number of piperidine rings is 1. The summed E-state index contributed by atoms with van der Waals surface area (Å²) in [4.78, 5) is 11.4. The van der Waals surface area contributed by atoms with Crippen molar-refractivity contribution < 1.29 is 9.47 Å². The number of ether oxygens (including phenoxy) is 2. The third-order valence-electron chi connectivity index (χ3n) is 4.08. The number of rotatable bonds is 6. The molecule has 0 atom stereocenters. The first-order valence-corrected chi connectivity index (χ1v) is 8.11. The van der Waals surface area contributed by atoms with E-state index in [9.17, 15) is 0 Å². The SMILES string of the molecule is COCCOC1CCN(c2ccnc(-c3ccccc3)n2)CC1. The van der Waals surface area contributed by atoms with Crippen molar-refractivity contribution in [2.75, 3.05) is 38.3 Å².